The van der Waals surface area contributed by atoms with E-state index in [9.17, 15) is 9.59 Å². The Balaban J connectivity index is 1.42. The number of piperazine rings is 1. The van der Waals surface area contributed by atoms with Crippen molar-refractivity contribution < 1.29 is 14.3 Å². The van der Waals surface area contributed by atoms with Gasteiger partial charge in [-0.2, -0.15) is 0 Å². The molecule has 1 aromatic heterocycles. The van der Waals surface area contributed by atoms with Crippen LogP contribution < -0.4 is 4.74 Å². The predicted molar refractivity (Wildman–Crippen MR) is 115 cm³/mol. The third-order valence-electron chi connectivity index (χ3n) is 5.51. The van der Waals surface area contributed by atoms with E-state index in [1.165, 1.54) is 0 Å². The molecule has 2 aromatic carbocycles. The van der Waals surface area contributed by atoms with Gasteiger partial charge in [0.1, 0.15) is 5.75 Å². The number of carbonyl (C=O) groups is 2. The minimum atomic E-state index is -0.623. The summed E-state index contributed by atoms with van der Waals surface area (Å²) in [6.07, 6.45) is 2.87. The van der Waals surface area contributed by atoms with Crippen LogP contribution in [0.15, 0.2) is 67.0 Å². The smallest absolute Gasteiger partial charge is 0.263 e. The van der Waals surface area contributed by atoms with Gasteiger partial charge in [-0.25, -0.2) is 0 Å². The number of aromatic nitrogens is 1. The highest BCUT2D eigenvalue weighted by molar-refractivity contribution is 5.94. The molecule has 1 fully saturated rings. The summed E-state index contributed by atoms with van der Waals surface area (Å²) in [7, 11) is 0. The number of hydrogen-bond donors (Lipinski definition) is 0. The van der Waals surface area contributed by atoms with Crippen LogP contribution in [0.3, 0.4) is 0 Å². The number of rotatable bonds is 4. The number of hydrogen-bond acceptors (Lipinski definition) is 4. The predicted octanol–water partition coefficient (Wildman–Crippen LogP) is 3.38. The van der Waals surface area contributed by atoms with Crippen molar-refractivity contribution in [1.29, 1.82) is 0 Å². The number of amides is 2. The second-order valence-electron chi connectivity index (χ2n) is 7.61. The maximum Gasteiger partial charge on any atom is 0.263 e. The lowest BCUT2D eigenvalue weighted by molar-refractivity contribution is -0.142. The second-order valence-corrected chi connectivity index (χ2v) is 7.61. The van der Waals surface area contributed by atoms with Crippen molar-refractivity contribution in [2.45, 2.75) is 26.0 Å². The summed E-state index contributed by atoms with van der Waals surface area (Å²) in [5.74, 6) is 0.602. The number of carbonyl (C=O) groups excluding carboxylic acids is 2. The van der Waals surface area contributed by atoms with Gasteiger partial charge in [0.25, 0.3) is 11.8 Å². The summed E-state index contributed by atoms with van der Waals surface area (Å²) in [6.45, 7) is 5.25. The van der Waals surface area contributed by atoms with Gasteiger partial charge in [0.15, 0.2) is 6.10 Å². The molecule has 0 spiro atoms. The first-order valence-corrected chi connectivity index (χ1v) is 10.2. The number of nitrogens with zero attached hydrogens (tertiary/aromatic N) is 3. The zero-order valence-corrected chi connectivity index (χ0v) is 17.2. The molecule has 6 nitrogen and oxygen atoms in total. The molecule has 4 rings (SSSR count). The van der Waals surface area contributed by atoms with Crippen LogP contribution >= 0.6 is 0 Å². The van der Waals surface area contributed by atoms with Crippen LogP contribution in [0.5, 0.6) is 5.75 Å². The third-order valence-corrected chi connectivity index (χ3v) is 5.51. The highest BCUT2D eigenvalue weighted by Crippen LogP contribution is 2.26. The first kappa shape index (κ1) is 19.9. The van der Waals surface area contributed by atoms with Crippen LogP contribution in [0, 0.1) is 0 Å². The lowest BCUT2D eigenvalue weighted by Gasteiger charge is -2.40. The van der Waals surface area contributed by atoms with E-state index in [-0.39, 0.29) is 17.9 Å². The summed E-state index contributed by atoms with van der Waals surface area (Å²) < 4.78 is 6.04. The number of pyridine rings is 1. The molecule has 6 heteroatoms. The van der Waals surface area contributed by atoms with Crippen LogP contribution in [-0.4, -0.2) is 58.4 Å². The molecule has 0 bridgehead atoms. The Morgan fingerprint density at radius 1 is 1.07 bits per heavy atom. The summed E-state index contributed by atoms with van der Waals surface area (Å²) in [4.78, 5) is 33.6. The Labute approximate surface area is 176 Å². The maximum atomic E-state index is 13.1. The van der Waals surface area contributed by atoms with Gasteiger partial charge in [-0.3, -0.25) is 14.6 Å². The van der Waals surface area contributed by atoms with Crippen molar-refractivity contribution in [3.63, 3.8) is 0 Å². The minimum absolute atomic E-state index is 0.00297. The maximum absolute atomic E-state index is 13.1. The van der Waals surface area contributed by atoms with E-state index in [1.54, 1.807) is 19.3 Å². The fourth-order valence-corrected chi connectivity index (χ4v) is 3.90. The molecule has 30 heavy (non-hydrogen) atoms. The Morgan fingerprint density at radius 3 is 2.63 bits per heavy atom. The molecule has 0 aliphatic carbocycles. The lowest BCUT2D eigenvalue weighted by Crippen LogP contribution is -2.57. The normalized spacial score (nSPS) is 17.6. The van der Waals surface area contributed by atoms with E-state index in [4.69, 9.17) is 4.74 Å². The van der Waals surface area contributed by atoms with E-state index in [1.807, 2.05) is 71.3 Å². The van der Waals surface area contributed by atoms with Gasteiger partial charge in [-0.1, -0.05) is 30.3 Å². The third kappa shape index (κ3) is 3.99. The number of ether oxygens (including phenoxy) is 1. The summed E-state index contributed by atoms with van der Waals surface area (Å²) in [5.41, 5.74) is 0.673. The van der Waals surface area contributed by atoms with E-state index >= 15 is 0 Å². The second kappa shape index (κ2) is 8.53. The quantitative estimate of drug-likeness (QED) is 0.670. The van der Waals surface area contributed by atoms with E-state index in [2.05, 4.69) is 4.98 Å². The van der Waals surface area contributed by atoms with Crippen LogP contribution in [-0.2, 0) is 4.79 Å². The van der Waals surface area contributed by atoms with E-state index in [0.29, 0.717) is 30.9 Å². The summed E-state index contributed by atoms with van der Waals surface area (Å²) in [5, 5.41) is 1.90. The largest absolute Gasteiger partial charge is 0.480 e. The molecule has 1 saturated heterocycles. The summed E-state index contributed by atoms with van der Waals surface area (Å²) >= 11 is 0. The van der Waals surface area contributed by atoms with Crippen LogP contribution in [0.2, 0.25) is 0 Å². The lowest BCUT2D eigenvalue weighted by atomic mass is 10.1. The van der Waals surface area contributed by atoms with Crippen molar-refractivity contribution in [3.8, 4) is 5.75 Å². The van der Waals surface area contributed by atoms with Crippen molar-refractivity contribution >= 4 is 22.6 Å². The Hall–Kier alpha value is -3.41. The molecule has 2 heterocycles. The van der Waals surface area contributed by atoms with Crippen LogP contribution in [0.1, 0.15) is 24.2 Å². The average molecular weight is 403 g/mol. The summed E-state index contributed by atoms with van der Waals surface area (Å²) in [6, 6.07) is 16.8. The number of fused-ring (bicyclic) bond motifs is 1. The molecule has 0 N–H and O–H groups in total. The number of benzene rings is 2. The Morgan fingerprint density at radius 2 is 1.87 bits per heavy atom. The van der Waals surface area contributed by atoms with Crippen LogP contribution in [0.25, 0.3) is 10.8 Å². The zero-order chi connectivity index (χ0) is 21.1. The van der Waals surface area contributed by atoms with Gasteiger partial charge in [-0.15, -0.1) is 0 Å². The van der Waals surface area contributed by atoms with Gasteiger partial charge in [0, 0.05) is 54.4 Å². The molecule has 0 saturated carbocycles. The SMILES string of the molecule is C[C@@H]1CN(C(=O)c2ccccc2)CCN1C(=O)[C@@H](C)Oc1cccc2cnccc12. The molecule has 3 aromatic rings. The standard InChI is InChI=1S/C24H25N3O3/c1-17-16-26(24(29)19-7-4-3-5-8-19)13-14-27(17)23(28)18(2)30-22-10-6-9-20-15-25-12-11-21(20)22/h3-12,15,17-18H,13-14,16H2,1-2H3/t17-,18-/m1/s1. The first-order valence-electron chi connectivity index (χ1n) is 10.2. The highest BCUT2D eigenvalue weighted by atomic mass is 16.5. The van der Waals surface area contributed by atoms with Gasteiger partial charge in [0.05, 0.1) is 0 Å². The topological polar surface area (TPSA) is 62.7 Å². The molecule has 2 amide bonds. The van der Waals surface area contributed by atoms with Crippen molar-refractivity contribution in [3.05, 3.63) is 72.6 Å². The fraction of sp³-hybridized carbons (Fsp3) is 0.292. The highest BCUT2D eigenvalue weighted by Gasteiger charge is 2.33. The molecule has 0 radical (unpaired) electrons. The van der Waals surface area contributed by atoms with E-state index < -0.39 is 6.10 Å². The van der Waals surface area contributed by atoms with Gasteiger partial charge >= 0.3 is 0 Å². The van der Waals surface area contributed by atoms with Gasteiger partial charge in [-0.05, 0) is 38.1 Å². The molecule has 154 valence electrons. The Kier molecular flexibility index (Phi) is 5.65. The van der Waals surface area contributed by atoms with Gasteiger partial charge < -0.3 is 14.5 Å². The molecule has 1 aliphatic heterocycles. The molecular formula is C24H25N3O3. The molecule has 1 aliphatic rings. The fourth-order valence-electron chi connectivity index (χ4n) is 3.90. The van der Waals surface area contributed by atoms with Crippen molar-refractivity contribution in [2.75, 3.05) is 19.6 Å². The van der Waals surface area contributed by atoms with Gasteiger partial charge in [0.2, 0.25) is 0 Å². The first-order chi connectivity index (χ1) is 14.5. The van der Waals surface area contributed by atoms with Crippen molar-refractivity contribution in [1.82, 2.24) is 14.8 Å². The zero-order valence-electron chi connectivity index (χ0n) is 17.2. The molecule has 2 atom stereocenters. The minimum Gasteiger partial charge on any atom is -0.480 e. The van der Waals surface area contributed by atoms with E-state index in [0.717, 1.165) is 10.8 Å². The molecular weight excluding hydrogens is 378 g/mol. The average Bonchev–Trinajstić information content (AvgIpc) is 2.79. The molecule has 0 unspecified atom stereocenters. The van der Waals surface area contributed by atoms with Crippen molar-refractivity contribution in [2.24, 2.45) is 0 Å². The van der Waals surface area contributed by atoms with Crippen LogP contribution in [0.4, 0.5) is 0 Å². The monoisotopic (exact) mass is 403 g/mol. The Bertz CT molecular complexity index is 1050.